The second kappa shape index (κ2) is 21.4. The fourth-order valence-electron chi connectivity index (χ4n) is 8.78. The Morgan fingerprint density at radius 2 is 0.435 bits per heavy atom. The van der Waals surface area contributed by atoms with Crippen LogP contribution in [0.2, 0.25) is 0 Å². The highest BCUT2D eigenvalue weighted by atomic mass is 15.2. The van der Waals surface area contributed by atoms with Crippen LogP contribution >= 0.6 is 0 Å². The van der Waals surface area contributed by atoms with Crippen molar-refractivity contribution < 1.29 is 0 Å². The minimum atomic E-state index is 1.09. The normalized spacial score (nSPS) is 11.3. The maximum atomic E-state index is 2.33. The number of anilines is 9. The molecule has 0 N–H and O–H groups in total. The predicted octanol–water partition coefficient (Wildman–Crippen LogP) is 18.6. The molecule has 10 aromatic carbocycles. The van der Waals surface area contributed by atoms with E-state index in [2.05, 4.69) is 324 Å². The minimum Gasteiger partial charge on any atom is -0.310 e. The SMILES string of the molecule is C(=Cc1ccccc1N(c1ccccc1)c1ccccc1)c1ccc(C=Cc2ccccc2N(c2ccccc2)c2ccccc2)c(C=Cc2ccccc2N(c2ccccc2)c2ccccc2)c1. The number of benzene rings is 10. The molecule has 330 valence electrons. The molecule has 10 aromatic rings. The molecule has 0 amide bonds. The lowest BCUT2D eigenvalue weighted by atomic mass is 9.99. The molecule has 0 radical (unpaired) electrons. The summed E-state index contributed by atoms with van der Waals surface area (Å²) in [5.74, 6) is 0. The maximum absolute atomic E-state index is 2.33. The summed E-state index contributed by atoms with van der Waals surface area (Å²) in [6.07, 6.45) is 13.5. The number of hydrogen-bond acceptors (Lipinski definition) is 3. The fraction of sp³-hybridized carbons (Fsp3) is 0. The van der Waals surface area contributed by atoms with Crippen molar-refractivity contribution in [2.75, 3.05) is 14.7 Å². The van der Waals surface area contributed by atoms with Crippen molar-refractivity contribution in [2.24, 2.45) is 0 Å². The number of hydrogen-bond donors (Lipinski definition) is 0. The summed E-state index contributed by atoms with van der Waals surface area (Å²) >= 11 is 0. The molecule has 0 saturated carbocycles. The first-order chi connectivity index (χ1) is 34.3. The smallest absolute Gasteiger partial charge is 0.0533 e. The van der Waals surface area contributed by atoms with Crippen LogP contribution in [0.1, 0.15) is 33.4 Å². The van der Waals surface area contributed by atoms with Gasteiger partial charge in [0.1, 0.15) is 0 Å². The van der Waals surface area contributed by atoms with Gasteiger partial charge in [-0.2, -0.15) is 0 Å². The van der Waals surface area contributed by atoms with Crippen LogP contribution in [0.15, 0.2) is 273 Å². The van der Waals surface area contributed by atoms with Crippen molar-refractivity contribution in [3.05, 3.63) is 306 Å². The van der Waals surface area contributed by atoms with Crippen molar-refractivity contribution >= 4 is 87.6 Å². The highest BCUT2D eigenvalue weighted by Crippen LogP contribution is 2.40. The topological polar surface area (TPSA) is 9.72 Å². The molecule has 10 rings (SSSR count). The van der Waals surface area contributed by atoms with Crippen molar-refractivity contribution in [3.63, 3.8) is 0 Å². The average molecular weight is 886 g/mol. The minimum absolute atomic E-state index is 1.09. The highest BCUT2D eigenvalue weighted by Gasteiger charge is 2.17. The van der Waals surface area contributed by atoms with E-state index < -0.39 is 0 Å². The van der Waals surface area contributed by atoms with E-state index in [1.807, 2.05) is 0 Å². The number of nitrogens with zero attached hydrogens (tertiary/aromatic N) is 3. The van der Waals surface area contributed by atoms with E-state index in [1.165, 1.54) is 0 Å². The van der Waals surface area contributed by atoms with Crippen LogP contribution in [0.25, 0.3) is 36.5 Å². The second-order valence-corrected chi connectivity index (χ2v) is 16.6. The van der Waals surface area contributed by atoms with Gasteiger partial charge in [0.05, 0.1) is 17.1 Å². The Morgan fingerprint density at radius 1 is 0.188 bits per heavy atom. The molecule has 3 nitrogen and oxygen atoms in total. The molecule has 0 heterocycles. The first-order valence-corrected chi connectivity index (χ1v) is 23.4. The third-order valence-corrected chi connectivity index (χ3v) is 12.1. The van der Waals surface area contributed by atoms with Crippen LogP contribution in [0.4, 0.5) is 51.2 Å². The zero-order valence-corrected chi connectivity index (χ0v) is 38.3. The van der Waals surface area contributed by atoms with E-state index >= 15 is 0 Å². The van der Waals surface area contributed by atoms with Gasteiger partial charge >= 0.3 is 0 Å². The standard InChI is InChI=1S/C66H51N3/c1-7-28-58(29-8-1)67(59-30-9-2-10-31-59)64-40-22-19-25-54(64)46-44-52-43-45-53(47-48-55-26-20-23-41-65(55)68(60-32-11-3-12-33-60)61-34-13-4-14-35-61)57(51-52)50-49-56-27-21-24-42-66(56)69(62-36-15-5-16-37-62)63-38-17-6-18-39-63/h1-51H. The first kappa shape index (κ1) is 43.7. The third kappa shape index (κ3) is 10.3. The molecular weight excluding hydrogens is 835 g/mol. The van der Waals surface area contributed by atoms with E-state index in [-0.39, 0.29) is 0 Å². The van der Waals surface area contributed by atoms with Gasteiger partial charge in [-0.05, 0) is 130 Å². The Hall–Kier alpha value is -9.18. The Balaban J connectivity index is 1.07. The summed E-state index contributed by atoms with van der Waals surface area (Å²) < 4.78 is 0. The summed E-state index contributed by atoms with van der Waals surface area (Å²) in [7, 11) is 0. The zero-order valence-electron chi connectivity index (χ0n) is 38.3. The highest BCUT2D eigenvalue weighted by molar-refractivity contribution is 5.91. The summed E-state index contributed by atoms with van der Waals surface area (Å²) in [5.41, 5.74) is 16.5. The molecule has 69 heavy (non-hydrogen) atoms. The average Bonchev–Trinajstić information content (AvgIpc) is 3.42. The van der Waals surface area contributed by atoms with Gasteiger partial charge in [-0.3, -0.25) is 0 Å². The molecular formula is C66H51N3. The Morgan fingerprint density at radius 3 is 0.754 bits per heavy atom. The lowest BCUT2D eigenvalue weighted by molar-refractivity contribution is 1.28. The van der Waals surface area contributed by atoms with Crippen molar-refractivity contribution in [3.8, 4) is 0 Å². The largest absolute Gasteiger partial charge is 0.310 e. The molecule has 0 spiro atoms. The van der Waals surface area contributed by atoms with Crippen LogP contribution in [0.5, 0.6) is 0 Å². The van der Waals surface area contributed by atoms with E-state index in [4.69, 9.17) is 0 Å². The van der Waals surface area contributed by atoms with E-state index in [0.29, 0.717) is 0 Å². The van der Waals surface area contributed by atoms with E-state index in [0.717, 1.165) is 84.6 Å². The molecule has 0 unspecified atom stereocenters. The molecule has 0 aliphatic carbocycles. The lowest BCUT2D eigenvalue weighted by Crippen LogP contribution is -2.11. The second-order valence-electron chi connectivity index (χ2n) is 16.6. The zero-order chi connectivity index (χ0) is 46.5. The van der Waals surface area contributed by atoms with Gasteiger partial charge in [0, 0.05) is 34.1 Å². The summed E-state index contributed by atoms with van der Waals surface area (Å²) in [4.78, 5) is 6.97. The van der Waals surface area contributed by atoms with Crippen molar-refractivity contribution in [1.82, 2.24) is 0 Å². The van der Waals surface area contributed by atoms with E-state index in [1.54, 1.807) is 0 Å². The summed E-state index contributed by atoms with van der Waals surface area (Å²) in [5, 5.41) is 0. The number of rotatable bonds is 15. The Bertz CT molecular complexity index is 3190. The Labute approximate surface area is 406 Å². The van der Waals surface area contributed by atoms with Crippen LogP contribution < -0.4 is 14.7 Å². The van der Waals surface area contributed by atoms with Crippen molar-refractivity contribution in [1.29, 1.82) is 0 Å². The molecule has 0 fully saturated rings. The lowest BCUT2D eigenvalue weighted by Gasteiger charge is -2.27. The maximum Gasteiger partial charge on any atom is 0.0533 e. The monoisotopic (exact) mass is 885 g/mol. The third-order valence-electron chi connectivity index (χ3n) is 12.1. The van der Waals surface area contributed by atoms with Gasteiger partial charge in [0.25, 0.3) is 0 Å². The quantitative estimate of drug-likeness (QED) is 0.0950. The first-order valence-electron chi connectivity index (χ1n) is 23.4. The molecule has 0 aliphatic rings. The van der Waals surface area contributed by atoms with Crippen LogP contribution in [0, 0.1) is 0 Å². The molecule has 0 aliphatic heterocycles. The van der Waals surface area contributed by atoms with Gasteiger partial charge in [0.2, 0.25) is 0 Å². The van der Waals surface area contributed by atoms with Gasteiger partial charge in [-0.1, -0.05) is 212 Å². The van der Waals surface area contributed by atoms with Gasteiger partial charge in [-0.15, -0.1) is 0 Å². The Kier molecular flexibility index (Phi) is 13.6. The molecule has 0 aromatic heterocycles. The summed E-state index contributed by atoms with van der Waals surface area (Å²) in [6.45, 7) is 0. The van der Waals surface area contributed by atoms with Gasteiger partial charge in [-0.25, -0.2) is 0 Å². The summed E-state index contributed by atoms with van der Waals surface area (Å²) in [6, 6.07) is 96.1. The van der Waals surface area contributed by atoms with E-state index in [9.17, 15) is 0 Å². The molecule has 0 saturated heterocycles. The fourth-order valence-corrected chi connectivity index (χ4v) is 8.78. The molecule has 0 bridgehead atoms. The molecule has 3 heteroatoms. The van der Waals surface area contributed by atoms with Gasteiger partial charge < -0.3 is 14.7 Å². The van der Waals surface area contributed by atoms with Crippen LogP contribution in [-0.2, 0) is 0 Å². The predicted molar refractivity (Wildman–Crippen MR) is 297 cm³/mol. The van der Waals surface area contributed by atoms with Crippen molar-refractivity contribution in [2.45, 2.75) is 0 Å². The number of para-hydroxylation sites is 9. The van der Waals surface area contributed by atoms with Crippen LogP contribution in [0.3, 0.4) is 0 Å². The van der Waals surface area contributed by atoms with Crippen LogP contribution in [-0.4, -0.2) is 0 Å². The molecule has 0 atom stereocenters. The van der Waals surface area contributed by atoms with Gasteiger partial charge in [0.15, 0.2) is 0 Å².